The Morgan fingerprint density at radius 2 is 1.97 bits per heavy atom. The molecule has 0 radical (unpaired) electrons. The van der Waals surface area contributed by atoms with Crippen LogP contribution in [-0.2, 0) is 6.42 Å². The molecule has 0 spiro atoms. The molecule has 2 unspecified atom stereocenters. The van der Waals surface area contributed by atoms with E-state index >= 15 is 0 Å². The van der Waals surface area contributed by atoms with Crippen LogP contribution in [0.4, 0.5) is 9.18 Å². The lowest BCUT2D eigenvalue weighted by Crippen LogP contribution is -2.52. The number of amides is 2. The number of terminal acetylenes is 1. The van der Waals surface area contributed by atoms with Gasteiger partial charge < -0.3 is 19.9 Å². The number of hydrogen-bond acceptors (Lipinski definition) is 3. The summed E-state index contributed by atoms with van der Waals surface area (Å²) in [5.41, 5.74) is 3.04. The first-order valence-corrected chi connectivity index (χ1v) is 10.9. The molecule has 3 aliphatic heterocycles. The fraction of sp³-hybridized carbons (Fsp3) is 0.444. The third-order valence-electron chi connectivity index (χ3n) is 6.76. The van der Waals surface area contributed by atoms with Crippen molar-refractivity contribution in [2.45, 2.75) is 39.8 Å². The molecule has 178 valence electrons. The SMILES string of the molecule is C.C.C#CCOc1ccc2c(c1)[C@H](c1ccc(F)cc1)N(C(=O)N[C@@H]1CN3CCC1C3)CC2.[HH]. The molecule has 5 nitrogen and oxygen atoms in total. The molecule has 2 bridgehead atoms. The van der Waals surface area contributed by atoms with E-state index in [0.717, 1.165) is 49.2 Å². The number of ether oxygens (including phenoxy) is 1. The van der Waals surface area contributed by atoms with Crippen LogP contribution in [0.2, 0.25) is 0 Å². The summed E-state index contributed by atoms with van der Waals surface area (Å²) in [6.45, 7) is 3.92. The van der Waals surface area contributed by atoms with E-state index in [9.17, 15) is 9.18 Å². The van der Waals surface area contributed by atoms with Gasteiger partial charge in [0.1, 0.15) is 18.2 Å². The molecule has 2 saturated heterocycles. The van der Waals surface area contributed by atoms with Crippen molar-refractivity contribution in [1.29, 1.82) is 0 Å². The van der Waals surface area contributed by atoms with E-state index < -0.39 is 0 Å². The maximum atomic E-state index is 13.6. The Kier molecular flexibility index (Phi) is 7.65. The number of nitrogens with zero attached hydrogens (tertiary/aromatic N) is 2. The van der Waals surface area contributed by atoms with Crippen LogP contribution in [0.15, 0.2) is 42.5 Å². The number of halogens is 1. The summed E-state index contributed by atoms with van der Waals surface area (Å²) in [5.74, 6) is 3.40. The van der Waals surface area contributed by atoms with Crippen LogP contribution in [-0.4, -0.2) is 54.7 Å². The van der Waals surface area contributed by atoms with Crippen LogP contribution in [0.5, 0.6) is 5.75 Å². The molecule has 2 aromatic rings. The van der Waals surface area contributed by atoms with Gasteiger partial charge in [0.05, 0.1) is 6.04 Å². The van der Waals surface area contributed by atoms with Crippen LogP contribution in [0.3, 0.4) is 0 Å². The highest BCUT2D eigenvalue weighted by atomic mass is 19.1. The van der Waals surface area contributed by atoms with E-state index in [4.69, 9.17) is 11.2 Å². The molecule has 0 saturated carbocycles. The first-order valence-electron chi connectivity index (χ1n) is 10.9. The number of carbonyl (C=O) groups excluding carboxylic acids is 1. The fourth-order valence-electron chi connectivity index (χ4n) is 5.22. The molecule has 1 N–H and O–H groups in total. The minimum atomic E-state index is -0.308. The van der Waals surface area contributed by atoms with Crippen LogP contribution in [0.1, 0.15) is 45.4 Å². The topological polar surface area (TPSA) is 44.8 Å². The van der Waals surface area contributed by atoms with E-state index in [0.29, 0.717) is 18.2 Å². The van der Waals surface area contributed by atoms with E-state index in [-0.39, 0.29) is 46.8 Å². The second kappa shape index (κ2) is 10.3. The third kappa shape index (κ3) is 4.84. The summed E-state index contributed by atoms with van der Waals surface area (Å²) in [6.07, 6.45) is 7.24. The van der Waals surface area contributed by atoms with Crippen LogP contribution in [0.25, 0.3) is 0 Å². The summed E-state index contributed by atoms with van der Waals surface area (Å²) in [7, 11) is 0. The van der Waals surface area contributed by atoms with E-state index in [1.54, 1.807) is 12.1 Å². The zero-order valence-electron chi connectivity index (χ0n) is 17.4. The van der Waals surface area contributed by atoms with Gasteiger partial charge in [0.25, 0.3) is 0 Å². The molecule has 3 aliphatic rings. The van der Waals surface area contributed by atoms with Gasteiger partial charge in [-0.1, -0.05) is 39.0 Å². The van der Waals surface area contributed by atoms with Crippen molar-refractivity contribution in [3.05, 3.63) is 65.0 Å². The Hall–Kier alpha value is -3.04. The smallest absolute Gasteiger partial charge is 0.318 e. The molecule has 3 heterocycles. The van der Waals surface area contributed by atoms with E-state index in [1.807, 2.05) is 23.1 Å². The first kappa shape index (κ1) is 24.6. The molecule has 0 aliphatic carbocycles. The Balaban J connectivity index is 0.00000136. The molecule has 6 heteroatoms. The fourth-order valence-corrected chi connectivity index (χ4v) is 5.22. The number of piperidine rings is 1. The second-order valence-electron chi connectivity index (χ2n) is 8.62. The van der Waals surface area contributed by atoms with Crippen LogP contribution in [0, 0.1) is 24.1 Å². The number of fused-ring (bicyclic) bond motifs is 3. The van der Waals surface area contributed by atoms with Gasteiger partial charge in [0, 0.05) is 27.1 Å². The monoisotopic (exact) mass is 453 g/mol. The van der Waals surface area contributed by atoms with Gasteiger partial charge in [-0.05, 0) is 66.3 Å². The molecule has 5 rings (SSSR count). The van der Waals surface area contributed by atoms with Gasteiger partial charge in [0.2, 0.25) is 0 Å². The number of nitrogens with one attached hydrogen (secondary N) is 1. The molecule has 2 aromatic carbocycles. The number of hydrogen-bond donors (Lipinski definition) is 1. The normalized spacial score (nSPS) is 24.7. The summed E-state index contributed by atoms with van der Waals surface area (Å²) in [5, 5.41) is 3.28. The molecular formula is C27H36FN3O2. The molecule has 2 amide bonds. The van der Waals surface area contributed by atoms with Crippen molar-refractivity contribution in [2.75, 3.05) is 32.8 Å². The van der Waals surface area contributed by atoms with E-state index in [1.165, 1.54) is 12.1 Å². The number of urea groups is 1. The van der Waals surface area contributed by atoms with Crippen molar-refractivity contribution >= 4 is 6.03 Å². The number of carbonyl (C=O) groups is 1. The Morgan fingerprint density at radius 1 is 1.18 bits per heavy atom. The van der Waals surface area contributed by atoms with Crippen LogP contribution < -0.4 is 10.1 Å². The maximum Gasteiger partial charge on any atom is 0.318 e. The molecule has 4 atom stereocenters. The van der Waals surface area contributed by atoms with Gasteiger partial charge in [-0.3, -0.25) is 0 Å². The minimum Gasteiger partial charge on any atom is -0.481 e. The lowest BCUT2D eigenvalue weighted by atomic mass is 9.88. The predicted molar refractivity (Wildman–Crippen MR) is 132 cm³/mol. The highest BCUT2D eigenvalue weighted by Gasteiger charge is 2.40. The molecule has 2 fully saturated rings. The predicted octanol–water partition coefficient (Wildman–Crippen LogP) is 4.72. The Bertz CT molecular complexity index is 1020. The van der Waals surface area contributed by atoms with Gasteiger partial charge in [-0.15, -0.1) is 6.42 Å². The Labute approximate surface area is 198 Å². The summed E-state index contributed by atoms with van der Waals surface area (Å²) >= 11 is 0. The highest BCUT2D eigenvalue weighted by Crippen LogP contribution is 2.38. The molecule has 33 heavy (non-hydrogen) atoms. The Morgan fingerprint density at radius 3 is 2.64 bits per heavy atom. The van der Waals surface area contributed by atoms with E-state index in [2.05, 4.69) is 16.1 Å². The lowest BCUT2D eigenvalue weighted by molar-refractivity contribution is 0.171. The molecular weight excluding hydrogens is 417 g/mol. The minimum absolute atomic E-state index is 0. The molecule has 0 aromatic heterocycles. The average Bonchev–Trinajstić information content (AvgIpc) is 3.40. The van der Waals surface area contributed by atoms with Crippen molar-refractivity contribution in [3.8, 4) is 18.1 Å². The van der Waals surface area contributed by atoms with Crippen molar-refractivity contribution in [2.24, 2.45) is 5.92 Å². The van der Waals surface area contributed by atoms with Gasteiger partial charge in [-0.25, -0.2) is 9.18 Å². The summed E-state index contributed by atoms with van der Waals surface area (Å²) in [4.78, 5) is 17.7. The number of benzene rings is 2. The maximum absolute atomic E-state index is 13.6. The summed E-state index contributed by atoms with van der Waals surface area (Å²) < 4.78 is 19.3. The number of rotatable bonds is 4. The first-order chi connectivity index (χ1) is 15.1. The lowest BCUT2D eigenvalue weighted by Gasteiger charge is -2.39. The van der Waals surface area contributed by atoms with Gasteiger partial charge in [0.15, 0.2) is 0 Å². The highest BCUT2D eigenvalue weighted by molar-refractivity contribution is 5.76. The largest absolute Gasteiger partial charge is 0.481 e. The second-order valence-corrected chi connectivity index (χ2v) is 8.62. The van der Waals surface area contributed by atoms with Gasteiger partial charge in [-0.2, -0.15) is 0 Å². The zero-order chi connectivity index (χ0) is 21.4. The van der Waals surface area contributed by atoms with Crippen LogP contribution >= 0.6 is 0 Å². The quantitative estimate of drug-likeness (QED) is 0.682. The average molecular weight is 454 g/mol. The van der Waals surface area contributed by atoms with Gasteiger partial charge >= 0.3 is 6.03 Å². The third-order valence-corrected chi connectivity index (χ3v) is 6.76. The standard InChI is InChI=1S/C25H26FN3O2.2CH4.H2/c1-2-13-31-21-8-5-17-10-12-29(25(30)27-23-16-28-11-9-19(23)15-28)24(22(17)14-21)18-3-6-20(26)7-4-18;;;/h1,3-8,14,19,23-24H,9-13,15-16H2,(H,27,30);2*1H4;1H/t19?,23-,24+;;;/m1.../s1. The van der Waals surface area contributed by atoms with Crippen molar-refractivity contribution in [3.63, 3.8) is 0 Å². The van der Waals surface area contributed by atoms with Crippen molar-refractivity contribution < 1.29 is 15.3 Å². The summed E-state index contributed by atoms with van der Waals surface area (Å²) in [6, 6.07) is 12.1. The van der Waals surface area contributed by atoms with Crippen molar-refractivity contribution in [1.82, 2.24) is 15.1 Å². The zero-order valence-corrected chi connectivity index (χ0v) is 17.4.